The highest BCUT2D eigenvalue weighted by molar-refractivity contribution is 9.10. The highest BCUT2D eigenvalue weighted by Crippen LogP contribution is 2.35. The van der Waals surface area contributed by atoms with Gasteiger partial charge in [-0.25, -0.2) is 8.42 Å². The van der Waals surface area contributed by atoms with Crippen LogP contribution in [0.3, 0.4) is 0 Å². The van der Waals surface area contributed by atoms with Crippen molar-refractivity contribution in [2.75, 3.05) is 0 Å². The van der Waals surface area contributed by atoms with Crippen molar-refractivity contribution in [2.45, 2.75) is 43.0 Å². The first-order valence-electron chi connectivity index (χ1n) is 6.81. The Hall–Kier alpha value is -0.920. The highest BCUT2D eigenvalue weighted by Gasteiger charge is 2.48. The van der Waals surface area contributed by atoms with E-state index in [4.69, 9.17) is 0 Å². The lowest BCUT2D eigenvalue weighted by Crippen LogP contribution is -2.59. The van der Waals surface area contributed by atoms with Gasteiger partial charge in [0.2, 0.25) is 10.0 Å². The van der Waals surface area contributed by atoms with Crippen LogP contribution < -0.4 is 4.72 Å². The number of halogens is 1. The minimum Gasteiger partial charge on any atom is -0.480 e. The molecule has 1 fully saturated rings. The third-order valence-corrected chi connectivity index (χ3v) is 6.10. The fourth-order valence-corrected chi connectivity index (χ4v) is 4.87. The average molecular weight is 376 g/mol. The Bertz CT molecular complexity index is 646. The van der Waals surface area contributed by atoms with Gasteiger partial charge < -0.3 is 5.11 Å². The zero-order chi connectivity index (χ0) is 15.7. The monoisotopic (exact) mass is 375 g/mol. The molecular weight excluding hydrogens is 358 g/mol. The summed E-state index contributed by atoms with van der Waals surface area (Å²) in [6.45, 7) is 1.79. The lowest BCUT2D eigenvalue weighted by Gasteiger charge is -2.39. The third-order valence-electron chi connectivity index (χ3n) is 4.10. The molecule has 1 aromatic carbocycles. The molecule has 2 N–H and O–H groups in total. The van der Waals surface area contributed by atoms with Gasteiger partial charge in [-0.05, 0) is 37.0 Å². The van der Waals surface area contributed by atoms with Gasteiger partial charge in [-0.1, -0.05) is 41.8 Å². The number of carboxylic acids is 1. The van der Waals surface area contributed by atoms with Crippen molar-refractivity contribution in [3.05, 3.63) is 28.7 Å². The van der Waals surface area contributed by atoms with Crippen molar-refractivity contribution in [3.63, 3.8) is 0 Å². The summed E-state index contributed by atoms with van der Waals surface area (Å²) in [5.74, 6) is -1.35. The van der Waals surface area contributed by atoms with Crippen LogP contribution in [-0.2, 0) is 14.8 Å². The van der Waals surface area contributed by atoms with E-state index < -0.39 is 21.5 Å². The Labute approximate surface area is 132 Å². The number of aliphatic carboxylic acids is 1. The number of sulfonamides is 1. The van der Waals surface area contributed by atoms with Crippen LogP contribution in [0.25, 0.3) is 0 Å². The van der Waals surface area contributed by atoms with Crippen LogP contribution in [0.1, 0.15) is 32.6 Å². The Kier molecular flexibility index (Phi) is 4.75. The van der Waals surface area contributed by atoms with E-state index in [1.807, 2.05) is 0 Å². The average Bonchev–Trinajstić information content (AvgIpc) is 2.41. The fourth-order valence-electron chi connectivity index (χ4n) is 2.79. The molecule has 7 heteroatoms. The number of benzene rings is 1. The fraction of sp³-hybridized carbons (Fsp3) is 0.500. The van der Waals surface area contributed by atoms with Gasteiger partial charge >= 0.3 is 5.97 Å². The molecule has 0 saturated heterocycles. The summed E-state index contributed by atoms with van der Waals surface area (Å²) >= 11 is 3.23. The van der Waals surface area contributed by atoms with Gasteiger partial charge in [-0.2, -0.15) is 4.72 Å². The molecule has 2 atom stereocenters. The van der Waals surface area contributed by atoms with Gasteiger partial charge in [0, 0.05) is 4.47 Å². The van der Waals surface area contributed by atoms with Crippen molar-refractivity contribution in [2.24, 2.45) is 5.92 Å². The molecule has 116 valence electrons. The smallest absolute Gasteiger partial charge is 0.325 e. The molecule has 5 nitrogen and oxygen atoms in total. The van der Waals surface area contributed by atoms with E-state index in [9.17, 15) is 18.3 Å². The Morgan fingerprint density at radius 3 is 2.71 bits per heavy atom. The molecule has 0 amide bonds. The molecule has 1 aromatic rings. The summed E-state index contributed by atoms with van der Waals surface area (Å²) in [6.07, 6.45) is 2.65. The summed E-state index contributed by atoms with van der Waals surface area (Å²) in [7, 11) is -3.88. The van der Waals surface area contributed by atoms with E-state index in [2.05, 4.69) is 20.7 Å². The molecule has 1 aliphatic carbocycles. The maximum atomic E-state index is 12.5. The number of nitrogens with one attached hydrogen (secondary N) is 1. The number of hydrogen-bond donors (Lipinski definition) is 2. The van der Waals surface area contributed by atoms with Gasteiger partial charge in [0.1, 0.15) is 5.54 Å². The van der Waals surface area contributed by atoms with Crippen LogP contribution in [0.15, 0.2) is 33.6 Å². The summed E-state index contributed by atoms with van der Waals surface area (Å²) in [5.41, 5.74) is -1.42. The molecule has 0 spiro atoms. The molecule has 0 aromatic heterocycles. The second-order valence-electron chi connectivity index (χ2n) is 5.49. The van der Waals surface area contributed by atoms with Crippen LogP contribution in [0.5, 0.6) is 0 Å². The number of hydrogen-bond acceptors (Lipinski definition) is 3. The quantitative estimate of drug-likeness (QED) is 0.847. The maximum Gasteiger partial charge on any atom is 0.325 e. The molecule has 1 saturated carbocycles. The molecule has 1 aliphatic rings. The lowest BCUT2D eigenvalue weighted by atomic mass is 9.74. The first-order chi connectivity index (χ1) is 9.78. The number of carbonyl (C=O) groups is 1. The molecule has 0 bridgehead atoms. The Morgan fingerprint density at radius 1 is 1.43 bits per heavy atom. The van der Waals surface area contributed by atoms with Crippen LogP contribution in [-0.4, -0.2) is 25.0 Å². The first-order valence-corrected chi connectivity index (χ1v) is 9.08. The van der Waals surface area contributed by atoms with E-state index >= 15 is 0 Å². The van der Waals surface area contributed by atoms with Crippen LogP contribution in [0, 0.1) is 5.92 Å². The van der Waals surface area contributed by atoms with E-state index in [1.165, 1.54) is 12.1 Å². The van der Waals surface area contributed by atoms with Crippen molar-refractivity contribution in [1.82, 2.24) is 4.72 Å². The van der Waals surface area contributed by atoms with Gasteiger partial charge in [0.15, 0.2) is 0 Å². The topological polar surface area (TPSA) is 83.5 Å². The van der Waals surface area contributed by atoms with Crippen LogP contribution in [0.2, 0.25) is 0 Å². The second-order valence-corrected chi connectivity index (χ2v) is 8.08. The standard InChI is InChI=1S/C14H18BrNO4S/c1-10-5-2-3-8-14(10,13(17)18)16-21(19,20)12-7-4-6-11(15)9-12/h4,6-7,9-10,16H,2-3,5,8H2,1H3,(H,17,18). The lowest BCUT2D eigenvalue weighted by molar-refractivity contribution is -0.147. The minimum absolute atomic E-state index is 0.0651. The zero-order valence-corrected chi connectivity index (χ0v) is 14.1. The maximum absolute atomic E-state index is 12.5. The van der Waals surface area contributed by atoms with E-state index in [0.29, 0.717) is 23.7 Å². The van der Waals surface area contributed by atoms with Gasteiger partial charge in [-0.15, -0.1) is 0 Å². The molecule has 0 heterocycles. The molecule has 21 heavy (non-hydrogen) atoms. The summed E-state index contributed by atoms with van der Waals surface area (Å²) < 4.78 is 28.1. The van der Waals surface area contributed by atoms with Gasteiger partial charge in [0.05, 0.1) is 4.90 Å². The SMILES string of the molecule is CC1CCCCC1(NS(=O)(=O)c1cccc(Br)c1)C(=O)O. The Morgan fingerprint density at radius 2 is 2.14 bits per heavy atom. The van der Waals surface area contributed by atoms with E-state index in [1.54, 1.807) is 19.1 Å². The summed E-state index contributed by atoms with van der Waals surface area (Å²) in [5, 5.41) is 9.59. The van der Waals surface area contributed by atoms with Gasteiger partial charge in [-0.3, -0.25) is 4.79 Å². The largest absolute Gasteiger partial charge is 0.480 e. The molecule has 0 radical (unpaired) electrons. The molecule has 2 rings (SSSR count). The third kappa shape index (κ3) is 3.30. The molecular formula is C14H18BrNO4S. The second kappa shape index (κ2) is 6.06. The highest BCUT2D eigenvalue weighted by atomic mass is 79.9. The minimum atomic E-state index is -3.88. The van der Waals surface area contributed by atoms with Crippen LogP contribution in [0.4, 0.5) is 0 Å². The predicted molar refractivity (Wildman–Crippen MR) is 82.5 cm³/mol. The van der Waals surface area contributed by atoms with Crippen LogP contribution >= 0.6 is 15.9 Å². The normalized spacial score (nSPS) is 26.5. The Balaban J connectivity index is 2.39. The van der Waals surface area contributed by atoms with Gasteiger partial charge in [0.25, 0.3) is 0 Å². The predicted octanol–water partition coefficient (Wildman–Crippen LogP) is 2.76. The molecule has 0 aliphatic heterocycles. The van der Waals surface area contributed by atoms with Crippen molar-refractivity contribution in [3.8, 4) is 0 Å². The van der Waals surface area contributed by atoms with Crippen molar-refractivity contribution >= 4 is 31.9 Å². The number of carboxylic acid groups (broad SMARTS) is 1. The van der Waals surface area contributed by atoms with Crippen molar-refractivity contribution < 1.29 is 18.3 Å². The first kappa shape index (κ1) is 16.5. The number of rotatable bonds is 4. The van der Waals surface area contributed by atoms with Crippen molar-refractivity contribution in [1.29, 1.82) is 0 Å². The van der Waals surface area contributed by atoms with E-state index in [0.717, 1.165) is 6.42 Å². The summed E-state index contributed by atoms with van der Waals surface area (Å²) in [4.78, 5) is 11.8. The molecule has 2 unspecified atom stereocenters. The summed E-state index contributed by atoms with van der Waals surface area (Å²) in [6, 6.07) is 6.24. The zero-order valence-electron chi connectivity index (χ0n) is 11.7. The van der Waals surface area contributed by atoms with E-state index in [-0.39, 0.29) is 10.8 Å².